The van der Waals surface area contributed by atoms with E-state index in [2.05, 4.69) is 0 Å². The van der Waals surface area contributed by atoms with E-state index >= 15 is 0 Å². The quantitative estimate of drug-likeness (QED) is 0.593. The number of aliphatic hydroxyl groups excluding tert-OH is 1. The summed E-state index contributed by atoms with van der Waals surface area (Å²) >= 11 is 0. The highest BCUT2D eigenvalue weighted by atomic mass is 16.5. The molecule has 0 aromatic carbocycles. The van der Waals surface area contributed by atoms with E-state index < -0.39 is 0 Å². The van der Waals surface area contributed by atoms with Crippen molar-refractivity contribution >= 4 is 0 Å². The molecule has 0 spiro atoms. The first-order valence-corrected chi connectivity index (χ1v) is 2.98. The van der Waals surface area contributed by atoms with Gasteiger partial charge in [0.05, 0.1) is 12.2 Å². The van der Waals surface area contributed by atoms with Crippen LogP contribution in [-0.2, 0) is 4.74 Å². The van der Waals surface area contributed by atoms with Gasteiger partial charge < -0.3 is 9.84 Å². The highest BCUT2D eigenvalue weighted by Gasteiger charge is 2.05. The van der Waals surface area contributed by atoms with Crippen molar-refractivity contribution in [1.29, 1.82) is 0 Å². The van der Waals surface area contributed by atoms with Gasteiger partial charge in [-0.3, -0.25) is 0 Å². The molecule has 2 heteroatoms. The van der Waals surface area contributed by atoms with E-state index in [1.807, 2.05) is 13.8 Å². The molecule has 0 radical (unpaired) electrons. The van der Waals surface area contributed by atoms with Crippen molar-refractivity contribution < 1.29 is 9.84 Å². The van der Waals surface area contributed by atoms with Gasteiger partial charge in [-0.1, -0.05) is 0 Å². The molecule has 0 aliphatic heterocycles. The van der Waals surface area contributed by atoms with E-state index in [9.17, 15) is 0 Å². The zero-order valence-electron chi connectivity index (χ0n) is 5.72. The van der Waals surface area contributed by atoms with E-state index in [0.29, 0.717) is 6.61 Å². The molecule has 50 valence electrons. The smallest absolute Gasteiger partial charge is 0.0802 e. The van der Waals surface area contributed by atoms with Crippen LogP contribution in [0.3, 0.4) is 0 Å². The Balaban J connectivity index is 3.17. The van der Waals surface area contributed by atoms with Crippen molar-refractivity contribution in [1.82, 2.24) is 0 Å². The predicted octanol–water partition coefficient (Wildman–Crippen LogP) is 0.792. The van der Waals surface area contributed by atoms with Crippen molar-refractivity contribution in [3.63, 3.8) is 0 Å². The summed E-state index contributed by atoms with van der Waals surface area (Å²) in [5.41, 5.74) is 0. The molecule has 0 bridgehead atoms. The van der Waals surface area contributed by atoms with Crippen LogP contribution >= 0.6 is 0 Å². The van der Waals surface area contributed by atoms with E-state index in [1.54, 1.807) is 6.92 Å². The zero-order valence-corrected chi connectivity index (χ0v) is 5.72. The lowest BCUT2D eigenvalue weighted by Crippen LogP contribution is -2.22. The predicted molar refractivity (Wildman–Crippen MR) is 32.8 cm³/mol. The van der Waals surface area contributed by atoms with E-state index in [1.165, 1.54) is 0 Å². The van der Waals surface area contributed by atoms with Crippen molar-refractivity contribution in [2.24, 2.45) is 0 Å². The fourth-order valence-corrected chi connectivity index (χ4v) is 0.402. The highest BCUT2D eigenvalue weighted by Crippen LogP contribution is 1.95. The average molecular weight is 118 g/mol. The molecule has 0 aromatic heterocycles. The number of aliphatic hydroxyl groups is 1. The highest BCUT2D eigenvalue weighted by molar-refractivity contribution is 4.55. The summed E-state index contributed by atoms with van der Waals surface area (Å²) in [4.78, 5) is 0. The van der Waals surface area contributed by atoms with Gasteiger partial charge in [-0.2, -0.15) is 0 Å². The first kappa shape index (κ1) is 7.92. The van der Waals surface area contributed by atoms with Crippen molar-refractivity contribution in [3.05, 3.63) is 0 Å². The molecule has 0 rings (SSSR count). The van der Waals surface area contributed by atoms with Gasteiger partial charge in [0.15, 0.2) is 0 Å². The molecule has 0 heterocycles. The Morgan fingerprint density at radius 3 is 2.12 bits per heavy atom. The Bertz CT molecular complexity index is 52.5. The summed E-state index contributed by atoms with van der Waals surface area (Å²) in [5.74, 6) is 0. The first-order chi connectivity index (χ1) is 3.68. The molecule has 0 saturated heterocycles. The molecule has 0 fully saturated rings. The monoisotopic (exact) mass is 118 g/mol. The number of rotatable bonds is 3. The largest absolute Gasteiger partial charge is 0.391 e. The molecule has 8 heavy (non-hydrogen) atoms. The minimum Gasteiger partial charge on any atom is -0.391 e. The number of hydrogen-bond donors (Lipinski definition) is 1. The number of ether oxygens (including phenoxy) is 1. The fraction of sp³-hybridized carbons (Fsp3) is 1.00. The first-order valence-electron chi connectivity index (χ1n) is 2.98. The molecular weight excluding hydrogens is 104 g/mol. The number of hydrogen-bond acceptors (Lipinski definition) is 2. The summed E-state index contributed by atoms with van der Waals surface area (Å²) in [5, 5.41) is 8.83. The Morgan fingerprint density at radius 1 is 1.50 bits per heavy atom. The molecule has 0 aromatic rings. The van der Waals surface area contributed by atoms with Crippen LogP contribution in [0.2, 0.25) is 0 Å². The minimum absolute atomic E-state index is 0.0278. The van der Waals surface area contributed by atoms with Crippen LogP contribution in [0.1, 0.15) is 20.8 Å². The molecule has 2 nitrogen and oxygen atoms in total. The second-order valence-electron chi connectivity index (χ2n) is 1.90. The third-order valence-electron chi connectivity index (χ3n) is 1.11. The van der Waals surface area contributed by atoms with Crippen molar-refractivity contribution in [2.45, 2.75) is 33.0 Å². The Hall–Kier alpha value is -0.0800. The molecule has 2 atom stereocenters. The standard InChI is InChI=1S/C6H14O2/c1-4-8-6(3)5(2)7/h5-7H,4H2,1-3H3/t5-,6?/m0/s1. The fourth-order valence-electron chi connectivity index (χ4n) is 0.402. The van der Waals surface area contributed by atoms with Crippen LogP contribution in [0.15, 0.2) is 0 Å². The SMILES string of the molecule is CCOC(C)[C@H](C)O. The maximum absolute atomic E-state index is 8.83. The van der Waals surface area contributed by atoms with E-state index in [4.69, 9.17) is 9.84 Å². The second-order valence-corrected chi connectivity index (χ2v) is 1.90. The summed E-state index contributed by atoms with van der Waals surface area (Å²) in [6, 6.07) is 0. The Kier molecular flexibility index (Phi) is 3.83. The van der Waals surface area contributed by atoms with Crippen LogP contribution in [0.4, 0.5) is 0 Å². The minimum atomic E-state index is -0.352. The third kappa shape index (κ3) is 2.99. The van der Waals surface area contributed by atoms with Gasteiger partial charge in [0.1, 0.15) is 0 Å². The van der Waals surface area contributed by atoms with Gasteiger partial charge in [0, 0.05) is 6.61 Å². The molecular formula is C6H14O2. The molecule has 1 unspecified atom stereocenters. The van der Waals surface area contributed by atoms with Crippen LogP contribution < -0.4 is 0 Å². The van der Waals surface area contributed by atoms with Gasteiger partial charge in [-0.25, -0.2) is 0 Å². The average Bonchev–Trinajstić information content (AvgIpc) is 1.67. The van der Waals surface area contributed by atoms with Crippen LogP contribution in [-0.4, -0.2) is 23.9 Å². The second kappa shape index (κ2) is 3.87. The lowest BCUT2D eigenvalue weighted by atomic mass is 10.3. The van der Waals surface area contributed by atoms with Crippen LogP contribution in [0.5, 0.6) is 0 Å². The molecule has 0 saturated carbocycles. The van der Waals surface area contributed by atoms with Crippen molar-refractivity contribution in [2.75, 3.05) is 6.61 Å². The summed E-state index contributed by atoms with van der Waals surface area (Å²) in [7, 11) is 0. The lowest BCUT2D eigenvalue weighted by molar-refractivity contribution is -0.0125. The lowest BCUT2D eigenvalue weighted by Gasteiger charge is -2.13. The van der Waals surface area contributed by atoms with Gasteiger partial charge >= 0.3 is 0 Å². The van der Waals surface area contributed by atoms with E-state index in [-0.39, 0.29) is 12.2 Å². The normalized spacial score (nSPS) is 18.0. The van der Waals surface area contributed by atoms with Gasteiger partial charge in [0.2, 0.25) is 0 Å². The van der Waals surface area contributed by atoms with Gasteiger partial charge in [0.25, 0.3) is 0 Å². The summed E-state index contributed by atoms with van der Waals surface area (Å²) < 4.78 is 5.05. The molecule has 0 amide bonds. The molecule has 0 aliphatic carbocycles. The van der Waals surface area contributed by atoms with Gasteiger partial charge in [-0.05, 0) is 20.8 Å². The van der Waals surface area contributed by atoms with Crippen molar-refractivity contribution in [3.8, 4) is 0 Å². The van der Waals surface area contributed by atoms with E-state index in [0.717, 1.165) is 0 Å². The van der Waals surface area contributed by atoms with Gasteiger partial charge in [-0.15, -0.1) is 0 Å². The van der Waals surface area contributed by atoms with Crippen LogP contribution in [0, 0.1) is 0 Å². The maximum Gasteiger partial charge on any atom is 0.0802 e. The Morgan fingerprint density at radius 2 is 2.00 bits per heavy atom. The zero-order chi connectivity index (χ0) is 6.57. The third-order valence-corrected chi connectivity index (χ3v) is 1.11. The Labute approximate surface area is 50.5 Å². The topological polar surface area (TPSA) is 29.5 Å². The summed E-state index contributed by atoms with van der Waals surface area (Å²) in [6.07, 6.45) is -0.380. The molecule has 1 N–H and O–H groups in total. The molecule has 0 aliphatic rings. The summed E-state index contributed by atoms with van der Waals surface area (Å²) in [6.45, 7) is 6.17. The van der Waals surface area contributed by atoms with Crippen LogP contribution in [0.25, 0.3) is 0 Å². The maximum atomic E-state index is 8.83.